The molecule has 7 nitrogen and oxygen atoms in total. The SMILES string of the molecule is C[C@@H]1OC[C@H](OC(=O)c2ccccc2)C(OC(=O)c2ccccc2)C1OC(=O)c1ccccc1. The number of benzene rings is 3. The van der Waals surface area contributed by atoms with Crippen molar-refractivity contribution < 1.29 is 33.3 Å². The lowest BCUT2D eigenvalue weighted by molar-refractivity contribution is -0.185. The van der Waals surface area contributed by atoms with Gasteiger partial charge in [-0.1, -0.05) is 54.6 Å². The molecular weight excluding hydrogens is 436 g/mol. The summed E-state index contributed by atoms with van der Waals surface area (Å²) < 4.78 is 22.9. The summed E-state index contributed by atoms with van der Waals surface area (Å²) >= 11 is 0. The van der Waals surface area contributed by atoms with Crippen molar-refractivity contribution in [1.82, 2.24) is 0 Å². The molecule has 0 N–H and O–H groups in total. The maximum absolute atomic E-state index is 12.9. The first-order valence-corrected chi connectivity index (χ1v) is 10.9. The van der Waals surface area contributed by atoms with Gasteiger partial charge in [-0.25, -0.2) is 14.4 Å². The van der Waals surface area contributed by atoms with Crippen LogP contribution in [0.1, 0.15) is 38.0 Å². The van der Waals surface area contributed by atoms with Crippen molar-refractivity contribution in [3.63, 3.8) is 0 Å². The predicted octanol–water partition coefficient (Wildman–Crippen LogP) is 4.08. The fourth-order valence-electron chi connectivity index (χ4n) is 3.63. The van der Waals surface area contributed by atoms with E-state index in [0.29, 0.717) is 16.7 Å². The highest BCUT2D eigenvalue weighted by Gasteiger charge is 2.46. The molecule has 4 atom stereocenters. The highest BCUT2D eigenvalue weighted by molar-refractivity contribution is 5.91. The third kappa shape index (κ3) is 5.50. The zero-order chi connectivity index (χ0) is 23.9. The summed E-state index contributed by atoms with van der Waals surface area (Å²) in [4.78, 5) is 38.4. The summed E-state index contributed by atoms with van der Waals surface area (Å²) in [5.74, 6) is -1.82. The number of ether oxygens (including phenoxy) is 4. The minimum atomic E-state index is -1.07. The van der Waals surface area contributed by atoms with E-state index >= 15 is 0 Å². The van der Waals surface area contributed by atoms with Crippen LogP contribution in [-0.2, 0) is 18.9 Å². The number of carbonyl (C=O) groups excluding carboxylic acids is 3. The standard InChI is InChI=1S/C27H24O7/c1-18-23(33-26(29)20-13-7-3-8-14-20)24(34-27(30)21-15-9-4-10-16-21)22(17-31-18)32-25(28)19-11-5-2-6-12-19/h2-16,18,22-24H,17H2,1H3/t18-,22-,23?,24?/m0/s1. The molecule has 0 aliphatic carbocycles. The van der Waals surface area contributed by atoms with Crippen LogP contribution in [0.3, 0.4) is 0 Å². The van der Waals surface area contributed by atoms with E-state index in [-0.39, 0.29) is 6.61 Å². The van der Waals surface area contributed by atoms with Crippen LogP contribution in [0.4, 0.5) is 0 Å². The molecule has 1 fully saturated rings. The summed E-state index contributed by atoms with van der Waals surface area (Å²) in [6.45, 7) is 1.69. The Bertz CT molecular complexity index is 1120. The second-order valence-electron chi connectivity index (χ2n) is 7.82. The molecular formula is C27H24O7. The van der Waals surface area contributed by atoms with E-state index in [1.165, 1.54) is 0 Å². The maximum Gasteiger partial charge on any atom is 0.338 e. The van der Waals surface area contributed by atoms with E-state index in [0.717, 1.165) is 0 Å². The molecule has 0 bridgehead atoms. The van der Waals surface area contributed by atoms with Crippen LogP contribution in [0.2, 0.25) is 0 Å². The predicted molar refractivity (Wildman–Crippen MR) is 122 cm³/mol. The Hall–Kier alpha value is -3.97. The first-order chi connectivity index (χ1) is 16.5. The first kappa shape index (κ1) is 23.2. The molecule has 1 saturated heterocycles. The van der Waals surface area contributed by atoms with Crippen molar-refractivity contribution in [2.24, 2.45) is 0 Å². The number of hydrogen-bond acceptors (Lipinski definition) is 7. The van der Waals surface area contributed by atoms with Gasteiger partial charge in [-0.05, 0) is 43.3 Å². The third-order valence-electron chi connectivity index (χ3n) is 5.45. The first-order valence-electron chi connectivity index (χ1n) is 10.9. The van der Waals surface area contributed by atoms with Crippen LogP contribution in [0.15, 0.2) is 91.0 Å². The molecule has 2 unspecified atom stereocenters. The van der Waals surface area contributed by atoms with E-state index in [2.05, 4.69) is 0 Å². The molecule has 0 aromatic heterocycles. The van der Waals surface area contributed by atoms with Gasteiger partial charge in [-0.3, -0.25) is 0 Å². The number of esters is 3. The molecule has 1 aliphatic rings. The van der Waals surface area contributed by atoms with Crippen molar-refractivity contribution in [1.29, 1.82) is 0 Å². The lowest BCUT2D eigenvalue weighted by Crippen LogP contribution is -2.56. The van der Waals surface area contributed by atoms with Gasteiger partial charge in [0, 0.05) is 0 Å². The molecule has 0 amide bonds. The highest BCUT2D eigenvalue weighted by atomic mass is 16.6. The van der Waals surface area contributed by atoms with Crippen LogP contribution < -0.4 is 0 Å². The van der Waals surface area contributed by atoms with Crippen molar-refractivity contribution in [2.75, 3.05) is 6.61 Å². The van der Waals surface area contributed by atoms with Gasteiger partial charge in [-0.15, -0.1) is 0 Å². The largest absolute Gasteiger partial charge is 0.452 e. The van der Waals surface area contributed by atoms with Crippen molar-refractivity contribution >= 4 is 17.9 Å². The second kappa shape index (κ2) is 10.8. The van der Waals surface area contributed by atoms with Gasteiger partial charge in [0.15, 0.2) is 18.3 Å². The summed E-state index contributed by atoms with van der Waals surface area (Å²) in [6, 6.07) is 25.3. The molecule has 3 aromatic carbocycles. The Morgan fingerprint density at radius 1 is 0.618 bits per heavy atom. The summed E-state index contributed by atoms with van der Waals surface area (Å²) in [5, 5.41) is 0. The summed E-state index contributed by atoms with van der Waals surface area (Å²) in [7, 11) is 0. The molecule has 0 spiro atoms. The van der Waals surface area contributed by atoms with Gasteiger partial charge >= 0.3 is 17.9 Å². The summed E-state index contributed by atoms with van der Waals surface area (Å²) in [6.07, 6.45) is -3.66. The molecule has 4 rings (SSSR count). The van der Waals surface area contributed by atoms with Gasteiger partial charge in [0.05, 0.1) is 29.4 Å². The van der Waals surface area contributed by atoms with E-state index in [9.17, 15) is 14.4 Å². The average Bonchev–Trinajstić information content (AvgIpc) is 2.89. The molecule has 0 saturated carbocycles. The second-order valence-corrected chi connectivity index (χ2v) is 7.82. The van der Waals surface area contributed by atoms with Gasteiger partial charge in [0.1, 0.15) is 0 Å². The maximum atomic E-state index is 12.9. The van der Waals surface area contributed by atoms with Gasteiger partial charge in [0.25, 0.3) is 0 Å². The molecule has 34 heavy (non-hydrogen) atoms. The minimum absolute atomic E-state index is 0.0220. The molecule has 1 heterocycles. The van der Waals surface area contributed by atoms with Gasteiger partial charge in [0.2, 0.25) is 0 Å². The monoisotopic (exact) mass is 460 g/mol. The smallest absolute Gasteiger partial charge is 0.338 e. The molecule has 7 heteroatoms. The Balaban J connectivity index is 1.59. The van der Waals surface area contributed by atoms with Crippen LogP contribution >= 0.6 is 0 Å². The fourth-order valence-corrected chi connectivity index (χ4v) is 3.63. The van der Waals surface area contributed by atoms with Crippen LogP contribution in [0.25, 0.3) is 0 Å². The van der Waals surface area contributed by atoms with Crippen LogP contribution in [-0.4, -0.2) is 48.9 Å². The lowest BCUT2D eigenvalue weighted by atomic mass is 9.99. The number of carbonyl (C=O) groups is 3. The minimum Gasteiger partial charge on any atom is -0.452 e. The van der Waals surface area contributed by atoms with E-state index in [1.807, 2.05) is 0 Å². The topological polar surface area (TPSA) is 88.1 Å². The Labute approximate surface area is 197 Å². The zero-order valence-electron chi connectivity index (χ0n) is 18.5. The van der Waals surface area contributed by atoms with E-state index < -0.39 is 42.3 Å². The third-order valence-corrected chi connectivity index (χ3v) is 5.45. The number of hydrogen-bond donors (Lipinski definition) is 0. The summed E-state index contributed by atoms with van der Waals surface area (Å²) in [5.41, 5.74) is 1.00. The zero-order valence-corrected chi connectivity index (χ0v) is 18.5. The molecule has 174 valence electrons. The van der Waals surface area contributed by atoms with E-state index in [1.54, 1.807) is 97.9 Å². The molecule has 1 aliphatic heterocycles. The van der Waals surface area contributed by atoms with Gasteiger partial charge < -0.3 is 18.9 Å². The van der Waals surface area contributed by atoms with Crippen LogP contribution in [0, 0.1) is 0 Å². The molecule has 3 aromatic rings. The van der Waals surface area contributed by atoms with E-state index in [4.69, 9.17) is 18.9 Å². The Kier molecular flexibility index (Phi) is 7.34. The van der Waals surface area contributed by atoms with Gasteiger partial charge in [-0.2, -0.15) is 0 Å². The number of rotatable bonds is 6. The quantitative estimate of drug-likeness (QED) is 0.405. The Morgan fingerprint density at radius 3 is 1.44 bits per heavy atom. The fraction of sp³-hybridized carbons (Fsp3) is 0.222. The highest BCUT2D eigenvalue weighted by Crippen LogP contribution is 2.26. The van der Waals surface area contributed by atoms with Crippen LogP contribution in [0.5, 0.6) is 0 Å². The van der Waals surface area contributed by atoms with Crippen molar-refractivity contribution in [3.05, 3.63) is 108 Å². The average molecular weight is 460 g/mol. The van der Waals surface area contributed by atoms with Crippen molar-refractivity contribution in [3.8, 4) is 0 Å². The van der Waals surface area contributed by atoms with Crippen molar-refractivity contribution in [2.45, 2.75) is 31.3 Å². The normalized spacial score (nSPS) is 21.8. The Morgan fingerprint density at radius 2 is 1.00 bits per heavy atom. The molecule has 0 radical (unpaired) electrons. The lowest BCUT2D eigenvalue weighted by Gasteiger charge is -2.39.